The van der Waals surface area contributed by atoms with Gasteiger partial charge in [-0.25, -0.2) is 4.39 Å². The molecule has 114 valence electrons. The van der Waals surface area contributed by atoms with Crippen LogP contribution < -0.4 is 10.1 Å². The summed E-state index contributed by atoms with van der Waals surface area (Å²) in [7, 11) is 1.46. The normalized spacial score (nSPS) is 10.1. The molecule has 1 rings (SSSR count). The average Bonchev–Trinajstić information content (AvgIpc) is 2.40. The third-order valence-corrected chi connectivity index (χ3v) is 2.52. The zero-order chi connectivity index (χ0) is 16.0. The highest BCUT2D eigenvalue weighted by molar-refractivity contribution is 5.96. The predicted octanol–water partition coefficient (Wildman–Crippen LogP) is 2.20. The molecule has 0 spiro atoms. The number of carbonyl (C=O) groups is 2. The number of halogens is 1. The molecule has 0 saturated heterocycles. The molecule has 1 N–H and O–H groups in total. The van der Waals surface area contributed by atoms with Crippen molar-refractivity contribution in [3.63, 3.8) is 0 Å². The number of amides is 2. The van der Waals surface area contributed by atoms with E-state index in [-0.39, 0.29) is 24.2 Å². The maximum atomic E-state index is 13.8. The van der Waals surface area contributed by atoms with E-state index in [2.05, 4.69) is 11.9 Å². The summed E-state index contributed by atoms with van der Waals surface area (Å²) >= 11 is 0. The molecule has 5 nitrogen and oxygen atoms in total. The van der Waals surface area contributed by atoms with Gasteiger partial charge in [0.05, 0.1) is 18.3 Å². The Morgan fingerprint density at radius 1 is 1.48 bits per heavy atom. The summed E-state index contributed by atoms with van der Waals surface area (Å²) in [5.41, 5.74) is 0.0376. The lowest BCUT2D eigenvalue weighted by Crippen LogP contribution is -2.33. The van der Waals surface area contributed by atoms with Crippen LogP contribution in [0.3, 0.4) is 0 Å². The van der Waals surface area contributed by atoms with E-state index in [1.165, 1.54) is 24.1 Å². The van der Waals surface area contributed by atoms with Crippen LogP contribution >= 0.6 is 0 Å². The van der Waals surface area contributed by atoms with Crippen LogP contribution in [0.15, 0.2) is 30.9 Å². The monoisotopic (exact) mass is 294 g/mol. The number of likely N-dealkylation sites (N-methyl/N-ethyl adjacent to an activating group) is 1. The molecule has 0 aromatic heterocycles. The molecule has 0 heterocycles. The molecule has 21 heavy (non-hydrogen) atoms. The quantitative estimate of drug-likeness (QED) is 0.818. The van der Waals surface area contributed by atoms with E-state index < -0.39 is 11.7 Å². The van der Waals surface area contributed by atoms with E-state index in [0.717, 1.165) is 6.08 Å². The van der Waals surface area contributed by atoms with Crippen molar-refractivity contribution in [2.24, 2.45) is 0 Å². The number of ether oxygens (including phenoxy) is 1. The smallest absolute Gasteiger partial charge is 0.246 e. The average molecular weight is 294 g/mol. The van der Waals surface area contributed by atoms with Crippen LogP contribution in [-0.2, 0) is 9.59 Å². The van der Waals surface area contributed by atoms with Crippen molar-refractivity contribution in [1.82, 2.24) is 4.90 Å². The Hall–Kier alpha value is -2.37. The van der Waals surface area contributed by atoms with Crippen molar-refractivity contribution in [1.29, 1.82) is 0 Å². The predicted molar refractivity (Wildman–Crippen MR) is 78.6 cm³/mol. The lowest BCUT2D eigenvalue weighted by molar-refractivity contribution is -0.129. The van der Waals surface area contributed by atoms with Crippen LogP contribution in [-0.4, -0.2) is 36.4 Å². The Balaban J connectivity index is 2.68. The van der Waals surface area contributed by atoms with Crippen molar-refractivity contribution in [3.8, 4) is 5.75 Å². The van der Waals surface area contributed by atoms with Crippen LogP contribution in [0.25, 0.3) is 0 Å². The van der Waals surface area contributed by atoms with Gasteiger partial charge in [-0.3, -0.25) is 9.59 Å². The summed E-state index contributed by atoms with van der Waals surface area (Å²) in [6.45, 7) is 6.80. The molecule has 6 heteroatoms. The van der Waals surface area contributed by atoms with E-state index in [1.807, 2.05) is 13.8 Å². The van der Waals surface area contributed by atoms with Crippen LogP contribution in [0, 0.1) is 5.82 Å². The fourth-order valence-corrected chi connectivity index (χ4v) is 1.58. The lowest BCUT2D eigenvalue weighted by atomic mass is 10.2. The van der Waals surface area contributed by atoms with Gasteiger partial charge in [-0.15, -0.1) is 0 Å². The lowest BCUT2D eigenvalue weighted by Gasteiger charge is -2.15. The van der Waals surface area contributed by atoms with Crippen LogP contribution in [0.4, 0.5) is 10.1 Å². The topological polar surface area (TPSA) is 58.6 Å². The first kappa shape index (κ1) is 16.7. The second-order valence-electron chi connectivity index (χ2n) is 4.75. The van der Waals surface area contributed by atoms with E-state index >= 15 is 0 Å². The van der Waals surface area contributed by atoms with Gasteiger partial charge < -0.3 is 15.0 Å². The Kier molecular flexibility index (Phi) is 5.90. The molecule has 0 bridgehead atoms. The number of hydrogen-bond acceptors (Lipinski definition) is 3. The first-order valence-corrected chi connectivity index (χ1v) is 6.47. The van der Waals surface area contributed by atoms with Gasteiger partial charge in [-0.05, 0) is 32.1 Å². The zero-order valence-electron chi connectivity index (χ0n) is 12.4. The number of hydrogen-bond donors (Lipinski definition) is 1. The molecule has 0 aliphatic carbocycles. The third-order valence-electron chi connectivity index (χ3n) is 2.52. The number of rotatable bonds is 6. The van der Waals surface area contributed by atoms with E-state index in [9.17, 15) is 14.0 Å². The maximum Gasteiger partial charge on any atom is 0.246 e. The fraction of sp³-hybridized carbons (Fsp3) is 0.333. The Morgan fingerprint density at radius 3 is 2.67 bits per heavy atom. The summed E-state index contributed by atoms with van der Waals surface area (Å²) in [6, 6.07) is 4.19. The first-order valence-electron chi connectivity index (χ1n) is 6.47. The van der Waals surface area contributed by atoms with Crippen LogP contribution in [0.5, 0.6) is 5.75 Å². The van der Waals surface area contributed by atoms with Crippen molar-refractivity contribution < 1.29 is 18.7 Å². The van der Waals surface area contributed by atoms with E-state index in [0.29, 0.717) is 5.75 Å². The zero-order valence-corrected chi connectivity index (χ0v) is 12.4. The highest BCUT2D eigenvalue weighted by Crippen LogP contribution is 2.21. The second-order valence-corrected chi connectivity index (χ2v) is 4.75. The molecule has 1 aromatic carbocycles. The molecular weight excluding hydrogens is 275 g/mol. The largest absolute Gasteiger partial charge is 0.491 e. The van der Waals surface area contributed by atoms with Crippen LogP contribution in [0.2, 0.25) is 0 Å². The molecule has 0 atom stereocenters. The van der Waals surface area contributed by atoms with Gasteiger partial charge in [0.1, 0.15) is 11.6 Å². The number of benzene rings is 1. The highest BCUT2D eigenvalue weighted by atomic mass is 19.1. The molecule has 0 unspecified atom stereocenters. The Bertz CT molecular complexity index is 544. The van der Waals surface area contributed by atoms with Crippen LogP contribution in [0.1, 0.15) is 13.8 Å². The number of carbonyl (C=O) groups excluding carboxylic acids is 2. The minimum absolute atomic E-state index is 0.0376. The summed E-state index contributed by atoms with van der Waals surface area (Å²) in [5.74, 6) is -1.09. The SMILES string of the molecule is C=CC(=O)N(C)CC(=O)Nc1ccc(OC(C)C)cc1F. The second kappa shape index (κ2) is 7.42. The fourth-order valence-electron chi connectivity index (χ4n) is 1.58. The maximum absolute atomic E-state index is 13.8. The van der Waals surface area contributed by atoms with Crippen molar-refractivity contribution >= 4 is 17.5 Å². The van der Waals surface area contributed by atoms with Gasteiger partial charge in [0.25, 0.3) is 0 Å². The highest BCUT2D eigenvalue weighted by Gasteiger charge is 2.13. The first-order chi connectivity index (χ1) is 9.83. The molecular formula is C15H19FN2O3. The van der Waals surface area contributed by atoms with Gasteiger partial charge in [-0.2, -0.15) is 0 Å². The van der Waals surface area contributed by atoms with E-state index in [1.54, 1.807) is 6.07 Å². The summed E-state index contributed by atoms with van der Waals surface area (Å²) in [6.07, 6.45) is 1.04. The molecule has 0 radical (unpaired) electrons. The minimum Gasteiger partial charge on any atom is -0.491 e. The molecule has 2 amide bonds. The summed E-state index contributed by atoms with van der Waals surface area (Å²) in [4.78, 5) is 24.1. The number of nitrogens with zero attached hydrogens (tertiary/aromatic N) is 1. The van der Waals surface area contributed by atoms with Gasteiger partial charge >= 0.3 is 0 Å². The van der Waals surface area contributed by atoms with Gasteiger partial charge in [-0.1, -0.05) is 6.58 Å². The standard InChI is InChI=1S/C15H19FN2O3/c1-5-15(20)18(4)9-14(19)17-13-7-6-11(8-12(13)16)21-10(2)3/h5-8,10H,1,9H2,2-4H3,(H,17,19). The number of nitrogens with one attached hydrogen (secondary N) is 1. The van der Waals surface area contributed by atoms with E-state index in [4.69, 9.17) is 4.74 Å². The molecule has 0 saturated carbocycles. The minimum atomic E-state index is -0.598. The summed E-state index contributed by atoms with van der Waals surface area (Å²) in [5, 5.41) is 2.40. The van der Waals surface area contributed by atoms with Crippen molar-refractivity contribution in [2.75, 3.05) is 18.9 Å². The van der Waals surface area contributed by atoms with Gasteiger partial charge in [0.2, 0.25) is 11.8 Å². The van der Waals surface area contributed by atoms with Crippen molar-refractivity contribution in [2.45, 2.75) is 20.0 Å². The summed E-state index contributed by atoms with van der Waals surface area (Å²) < 4.78 is 19.2. The van der Waals surface area contributed by atoms with Crippen molar-refractivity contribution in [3.05, 3.63) is 36.7 Å². The molecule has 0 fully saturated rings. The molecule has 0 aliphatic rings. The Labute approximate surface area is 123 Å². The molecule has 0 aliphatic heterocycles. The van der Waals surface area contributed by atoms with Gasteiger partial charge in [0, 0.05) is 13.1 Å². The molecule has 1 aromatic rings. The number of anilines is 1. The van der Waals surface area contributed by atoms with Gasteiger partial charge in [0.15, 0.2) is 0 Å². The Morgan fingerprint density at radius 2 is 2.14 bits per heavy atom. The third kappa shape index (κ3) is 5.25.